The molecule has 0 aromatic heterocycles. The summed E-state index contributed by atoms with van der Waals surface area (Å²) in [7, 11) is 1.81. The van der Waals surface area contributed by atoms with Crippen molar-refractivity contribution in [2.24, 2.45) is 5.92 Å². The molecule has 25 heavy (non-hydrogen) atoms. The minimum Gasteiger partial charge on any atom is -0.490 e. The third-order valence-electron chi connectivity index (χ3n) is 3.80. The van der Waals surface area contributed by atoms with Crippen LogP contribution in [0, 0.1) is 5.92 Å². The van der Waals surface area contributed by atoms with E-state index in [0.29, 0.717) is 42.2 Å². The van der Waals surface area contributed by atoms with Gasteiger partial charge in [0.25, 0.3) is 5.91 Å². The van der Waals surface area contributed by atoms with E-state index in [1.165, 1.54) is 0 Å². The van der Waals surface area contributed by atoms with Gasteiger partial charge < -0.3 is 14.4 Å². The van der Waals surface area contributed by atoms with Crippen LogP contribution in [0.3, 0.4) is 0 Å². The van der Waals surface area contributed by atoms with E-state index in [2.05, 4.69) is 13.8 Å². The summed E-state index contributed by atoms with van der Waals surface area (Å²) in [6, 6.07) is 5.70. The fraction of sp³-hybridized carbons (Fsp3) is 0.474. The first-order valence-electron chi connectivity index (χ1n) is 8.59. The lowest BCUT2D eigenvalue weighted by molar-refractivity contribution is -0.122. The summed E-state index contributed by atoms with van der Waals surface area (Å²) in [5, 5.41) is 0.528. The van der Waals surface area contributed by atoms with Crippen LogP contribution < -0.4 is 9.47 Å². The van der Waals surface area contributed by atoms with Crippen molar-refractivity contribution in [1.82, 2.24) is 9.80 Å². The minimum atomic E-state index is -0.0758. The van der Waals surface area contributed by atoms with E-state index in [4.69, 9.17) is 21.7 Å². The molecular formula is C19H26N2O3S. The molecule has 1 saturated heterocycles. The first-order chi connectivity index (χ1) is 11.9. The van der Waals surface area contributed by atoms with E-state index in [0.717, 1.165) is 11.3 Å². The van der Waals surface area contributed by atoms with Gasteiger partial charge in [-0.3, -0.25) is 9.69 Å². The number of carbonyl (C=O) groups is 1. The molecule has 1 amide bonds. The molecule has 5 nitrogen and oxygen atoms in total. The van der Waals surface area contributed by atoms with Crippen LogP contribution in [0.5, 0.6) is 11.5 Å². The van der Waals surface area contributed by atoms with E-state index < -0.39 is 0 Å². The zero-order valence-electron chi connectivity index (χ0n) is 15.5. The van der Waals surface area contributed by atoms with Crippen LogP contribution in [0.15, 0.2) is 23.9 Å². The lowest BCUT2D eigenvalue weighted by Gasteiger charge is -2.15. The van der Waals surface area contributed by atoms with Gasteiger partial charge in [-0.15, -0.1) is 0 Å². The summed E-state index contributed by atoms with van der Waals surface area (Å²) in [5.41, 5.74) is 1.43. The maximum atomic E-state index is 12.5. The second kappa shape index (κ2) is 8.34. The van der Waals surface area contributed by atoms with Crippen LogP contribution in [-0.2, 0) is 4.79 Å². The molecule has 0 aliphatic carbocycles. The van der Waals surface area contributed by atoms with E-state index in [9.17, 15) is 4.79 Å². The van der Waals surface area contributed by atoms with Gasteiger partial charge in [0.15, 0.2) is 16.6 Å². The number of hydrogen-bond acceptors (Lipinski definition) is 4. The van der Waals surface area contributed by atoms with Gasteiger partial charge in [-0.05, 0) is 55.8 Å². The van der Waals surface area contributed by atoms with Crippen molar-refractivity contribution in [3.63, 3.8) is 0 Å². The standard InChI is InChI=1S/C19H26N2O3S/c1-6-21-18(22)15(20(5)19(21)25)10-14-8-9-16(24-12-13(3)4)17(11-14)23-7-2/h8-11,13H,6-7,12H2,1-5H3/b15-10-. The molecule has 136 valence electrons. The molecule has 0 unspecified atom stereocenters. The highest BCUT2D eigenvalue weighted by atomic mass is 32.1. The van der Waals surface area contributed by atoms with Gasteiger partial charge in [0.2, 0.25) is 0 Å². The van der Waals surface area contributed by atoms with Gasteiger partial charge >= 0.3 is 0 Å². The predicted octanol–water partition coefficient (Wildman–Crippen LogP) is 3.54. The average molecular weight is 362 g/mol. The molecule has 6 heteroatoms. The molecule has 0 radical (unpaired) electrons. The molecule has 1 aliphatic rings. The highest BCUT2D eigenvalue weighted by molar-refractivity contribution is 7.80. The van der Waals surface area contributed by atoms with Gasteiger partial charge in [0, 0.05) is 13.6 Å². The van der Waals surface area contributed by atoms with Crippen molar-refractivity contribution in [1.29, 1.82) is 0 Å². The molecular weight excluding hydrogens is 336 g/mol. The number of benzene rings is 1. The van der Waals surface area contributed by atoms with E-state index in [1.807, 2.05) is 45.2 Å². The van der Waals surface area contributed by atoms with Gasteiger partial charge in [0.05, 0.1) is 13.2 Å². The Hall–Kier alpha value is -2.08. The number of nitrogens with zero attached hydrogens (tertiary/aromatic N) is 2. The average Bonchev–Trinajstić information content (AvgIpc) is 2.77. The Morgan fingerprint density at radius 2 is 1.92 bits per heavy atom. The number of likely N-dealkylation sites (N-methyl/N-ethyl adjacent to an activating group) is 2. The maximum absolute atomic E-state index is 12.5. The van der Waals surface area contributed by atoms with Crippen LogP contribution >= 0.6 is 12.2 Å². The van der Waals surface area contributed by atoms with E-state index in [1.54, 1.807) is 9.80 Å². The van der Waals surface area contributed by atoms with Crippen LogP contribution in [0.4, 0.5) is 0 Å². The van der Waals surface area contributed by atoms with Gasteiger partial charge in [-0.1, -0.05) is 19.9 Å². The summed E-state index contributed by atoms with van der Waals surface area (Å²) in [4.78, 5) is 15.8. The topological polar surface area (TPSA) is 42.0 Å². The molecule has 1 aliphatic heterocycles. The smallest absolute Gasteiger partial charge is 0.276 e. The Bertz CT molecular complexity index is 685. The normalized spacial score (nSPS) is 16.3. The van der Waals surface area contributed by atoms with Crippen LogP contribution in [0.25, 0.3) is 6.08 Å². The van der Waals surface area contributed by atoms with Crippen LogP contribution in [0.1, 0.15) is 33.3 Å². The first kappa shape index (κ1) is 19.2. The van der Waals surface area contributed by atoms with E-state index in [-0.39, 0.29) is 5.91 Å². The van der Waals surface area contributed by atoms with Gasteiger partial charge in [-0.2, -0.15) is 0 Å². The fourth-order valence-corrected chi connectivity index (χ4v) is 2.82. The third kappa shape index (κ3) is 4.31. The van der Waals surface area contributed by atoms with Crippen LogP contribution in [-0.4, -0.2) is 47.6 Å². The molecule has 1 aromatic carbocycles. The van der Waals surface area contributed by atoms with Gasteiger partial charge in [-0.25, -0.2) is 0 Å². The Morgan fingerprint density at radius 3 is 2.48 bits per heavy atom. The molecule has 0 bridgehead atoms. The number of ether oxygens (including phenoxy) is 2. The van der Waals surface area contributed by atoms with Crippen molar-refractivity contribution in [2.75, 3.05) is 26.8 Å². The maximum Gasteiger partial charge on any atom is 0.276 e. The fourth-order valence-electron chi connectivity index (χ4n) is 2.51. The van der Waals surface area contributed by atoms with Crippen LogP contribution in [0.2, 0.25) is 0 Å². The Morgan fingerprint density at radius 1 is 1.20 bits per heavy atom. The summed E-state index contributed by atoms with van der Waals surface area (Å²) in [6.45, 7) is 9.78. The van der Waals surface area contributed by atoms with E-state index >= 15 is 0 Å². The highest BCUT2D eigenvalue weighted by Gasteiger charge is 2.34. The van der Waals surface area contributed by atoms with Crippen molar-refractivity contribution >= 4 is 29.3 Å². The number of amides is 1. The number of hydrogen-bond donors (Lipinski definition) is 0. The Balaban J connectivity index is 2.32. The zero-order chi connectivity index (χ0) is 18.6. The van der Waals surface area contributed by atoms with Crippen molar-refractivity contribution in [3.8, 4) is 11.5 Å². The second-order valence-corrected chi connectivity index (χ2v) is 6.63. The molecule has 2 rings (SSSR count). The summed E-state index contributed by atoms with van der Waals surface area (Å²) in [6.07, 6.45) is 1.83. The summed E-state index contributed by atoms with van der Waals surface area (Å²) in [5.74, 6) is 1.75. The number of rotatable bonds is 7. The van der Waals surface area contributed by atoms with Crippen molar-refractivity contribution in [3.05, 3.63) is 29.5 Å². The predicted molar refractivity (Wildman–Crippen MR) is 104 cm³/mol. The summed E-state index contributed by atoms with van der Waals surface area (Å²) < 4.78 is 11.5. The zero-order valence-corrected chi connectivity index (χ0v) is 16.4. The number of thiocarbonyl (C=S) groups is 1. The molecule has 0 spiro atoms. The SMILES string of the molecule is CCOc1cc(/C=C2/C(=O)N(CC)C(=S)N2C)ccc1OCC(C)C. The monoisotopic (exact) mass is 362 g/mol. The Labute approximate surface area is 155 Å². The first-order valence-corrected chi connectivity index (χ1v) is 9.00. The number of carbonyl (C=O) groups excluding carboxylic acids is 1. The molecule has 0 atom stereocenters. The molecule has 0 saturated carbocycles. The molecule has 0 N–H and O–H groups in total. The molecule has 1 fully saturated rings. The molecule has 1 aromatic rings. The van der Waals surface area contributed by atoms with Crippen molar-refractivity contribution in [2.45, 2.75) is 27.7 Å². The van der Waals surface area contributed by atoms with Gasteiger partial charge in [0.1, 0.15) is 5.70 Å². The Kier molecular flexibility index (Phi) is 6.42. The summed E-state index contributed by atoms with van der Waals surface area (Å²) >= 11 is 5.33. The van der Waals surface area contributed by atoms with Crippen molar-refractivity contribution < 1.29 is 14.3 Å². The lowest BCUT2D eigenvalue weighted by atomic mass is 10.1. The quantitative estimate of drug-likeness (QED) is 0.548. The highest BCUT2D eigenvalue weighted by Crippen LogP contribution is 2.31. The second-order valence-electron chi connectivity index (χ2n) is 6.26. The lowest BCUT2D eigenvalue weighted by Crippen LogP contribution is -2.30. The largest absolute Gasteiger partial charge is 0.490 e. The third-order valence-corrected chi connectivity index (χ3v) is 4.30. The molecule has 1 heterocycles. The minimum absolute atomic E-state index is 0.0758.